The van der Waals surface area contributed by atoms with Gasteiger partial charge in [0.1, 0.15) is 5.75 Å². The summed E-state index contributed by atoms with van der Waals surface area (Å²) in [5.74, 6) is 0.558. The molecule has 0 radical (unpaired) electrons. The van der Waals surface area contributed by atoms with Crippen molar-refractivity contribution in [2.24, 2.45) is 0 Å². The fourth-order valence-electron chi connectivity index (χ4n) is 1.29. The van der Waals surface area contributed by atoms with E-state index in [4.69, 9.17) is 15.2 Å². The lowest BCUT2D eigenvalue weighted by atomic mass is 10.3. The van der Waals surface area contributed by atoms with Gasteiger partial charge in [-0.15, -0.1) is 0 Å². The molecule has 1 rings (SSSR count). The van der Waals surface area contributed by atoms with E-state index in [1.165, 1.54) is 0 Å². The maximum atomic E-state index is 11.7. The number of carbonyl (C=O) groups is 1. The van der Waals surface area contributed by atoms with E-state index in [1.54, 1.807) is 36.2 Å². The lowest BCUT2D eigenvalue weighted by Gasteiger charge is -2.17. The molecule has 0 bridgehead atoms. The molecule has 0 atom stereocenters. The molecule has 0 aliphatic rings. The van der Waals surface area contributed by atoms with Crippen LogP contribution in [-0.4, -0.2) is 44.2 Å². The molecule has 18 heavy (non-hydrogen) atoms. The second kappa shape index (κ2) is 7.55. The SMILES string of the molecule is CCOCCN(C)C(=O)COc1ccc(N)cc1. The first-order chi connectivity index (χ1) is 8.63. The Balaban J connectivity index is 2.29. The largest absolute Gasteiger partial charge is 0.484 e. The van der Waals surface area contributed by atoms with E-state index >= 15 is 0 Å². The summed E-state index contributed by atoms with van der Waals surface area (Å²) >= 11 is 0. The molecule has 5 heteroatoms. The molecule has 0 aromatic heterocycles. The van der Waals surface area contributed by atoms with Gasteiger partial charge in [0.15, 0.2) is 6.61 Å². The Morgan fingerprint density at radius 3 is 2.61 bits per heavy atom. The molecule has 2 N–H and O–H groups in total. The fourth-order valence-corrected chi connectivity index (χ4v) is 1.29. The van der Waals surface area contributed by atoms with Crippen LogP contribution in [0.4, 0.5) is 5.69 Å². The highest BCUT2D eigenvalue weighted by molar-refractivity contribution is 5.77. The van der Waals surface area contributed by atoms with Crippen LogP contribution in [0.25, 0.3) is 0 Å². The van der Waals surface area contributed by atoms with Crippen molar-refractivity contribution in [2.45, 2.75) is 6.92 Å². The van der Waals surface area contributed by atoms with Gasteiger partial charge in [0.2, 0.25) is 0 Å². The topological polar surface area (TPSA) is 64.8 Å². The minimum absolute atomic E-state index is 0.0204. The molecule has 0 saturated heterocycles. The van der Waals surface area contributed by atoms with Crippen LogP contribution in [0.1, 0.15) is 6.92 Å². The number of rotatable bonds is 7. The number of carbonyl (C=O) groups excluding carboxylic acids is 1. The number of ether oxygens (including phenoxy) is 2. The Morgan fingerprint density at radius 2 is 2.00 bits per heavy atom. The molecule has 0 saturated carbocycles. The van der Waals surface area contributed by atoms with Gasteiger partial charge >= 0.3 is 0 Å². The summed E-state index contributed by atoms with van der Waals surface area (Å²) in [6.45, 7) is 3.71. The molecule has 0 unspecified atom stereocenters. The van der Waals surface area contributed by atoms with Gasteiger partial charge in [-0.1, -0.05) is 0 Å². The number of hydrogen-bond donors (Lipinski definition) is 1. The smallest absolute Gasteiger partial charge is 0.260 e. The van der Waals surface area contributed by atoms with Crippen LogP contribution in [0.15, 0.2) is 24.3 Å². The van der Waals surface area contributed by atoms with Crippen LogP contribution < -0.4 is 10.5 Å². The standard InChI is InChI=1S/C13H20N2O3/c1-3-17-9-8-15(2)13(16)10-18-12-6-4-11(14)5-7-12/h4-7H,3,8-10,14H2,1-2H3. The monoisotopic (exact) mass is 252 g/mol. The average Bonchev–Trinajstić information content (AvgIpc) is 2.38. The molecule has 1 aromatic carbocycles. The normalized spacial score (nSPS) is 10.1. The number of nitrogen functional groups attached to an aromatic ring is 1. The number of hydrogen-bond acceptors (Lipinski definition) is 4. The second-order valence-corrected chi connectivity index (χ2v) is 3.87. The summed E-state index contributed by atoms with van der Waals surface area (Å²) in [6.07, 6.45) is 0. The zero-order chi connectivity index (χ0) is 13.4. The van der Waals surface area contributed by atoms with E-state index in [-0.39, 0.29) is 12.5 Å². The molecule has 5 nitrogen and oxygen atoms in total. The Morgan fingerprint density at radius 1 is 1.33 bits per heavy atom. The Hall–Kier alpha value is -1.75. The number of nitrogens with zero attached hydrogens (tertiary/aromatic N) is 1. The van der Waals surface area contributed by atoms with Crippen molar-refractivity contribution in [1.82, 2.24) is 4.90 Å². The first-order valence-electron chi connectivity index (χ1n) is 5.93. The predicted octanol–water partition coefficient (Wildman–Crippen LogP) is 1.14. The van der Waals surface area contributed by atoms with Gasteiger partial charge in [-0.2, -0.15) is 0 Å². The molecule has 100 valence electrons. The van der Waals surface area contributed by atoms with Crippen molar-refractivity contribution in [1.29, 1.82) is 0 Å². The highest BCUT2D eigenvalue weighted by atomic mass is 16.5. The highest BCUT2D eigenvalue weighted by Gasteiger charge is 2.09. The zero-order valence-corrected chi connectivity index (χ0v) is 10.9. The third kappa shape index (κ3) is 5.05. The number of benzene rings is 1. The molecule has 0 heterocycles. The van der Waals surface area contributed by atoms with Gasteiger partial charge in [0, 0.05) is 25.9 Å². The molecule has 1 amide bonds. The Kier molecular flexibility index (Phi) is 6.00. The van der Waals surface area contributed by atoms with Crippen molar-refractivity contribution in [2.75, 3.05) is 39.1 Å². The minimum atomic E-state index is -0.0773. The number of amides is 1. The van der Waals surface area contributed by atoms with Gasteiger partial charge in [-0.05, 0) is 31.2 Å². The molecule has 1 aromatic rings. The number of anilines is 1. The molecular weight excluding hydrogens is 232 g/mol. The van der Waals surface area contributed by atoms with Gasteiger partial charge in [-0.25, -0.2) is 0 Å². The average molecular weight is 252 g/mol. The van der Waals surface area contributed by atoms with Crippen molar-refractivity contribution in [3.63, 3.8) is 0 Å². The van der Waals surface area contributed by atoms with E-state index < -0.39 is 0 Å². The van der Waals surface area contributed by atoms with Gasteiger partial charge in [0.05, 0.1) is 6.61 Å². The third-order valence-corrected chi connectivity index (χ3v) is 2.44. The van der Waals surface area contributed by atoms with Crippen LogP contribution in [-0.2, 0) is 9.53 Å². The van der Waals surface area contributed by atoms with E-state index in [9.17, 15) is 4.79 Å². The Labute approximate surface area is 107 Å². The second-order valence-electron chi connectivity index (χ2n) is 3.87. The summed E-state index contributed by atoms with van der Waals surface area (Å²) in [5, 5.41) is 0. The van der Waals surface area contributed by atoms with E-state index in [0.29, 0.717) is 31.2 Å². The van der Waals surface area contributed by atoms with E-state index in [2.05, 4.69) is 0 Å². The lowest BCUT2D eigenvalue weighted by molar-refractivity contribution is -0.132. The predicted molar refractivity (Wildman–Crippen MR) is 70.5 cm³/mol. The van der Waals surface area contributed by atoms with Crippen LogP contribution in [0.2, 0.25) is 0 Å². The lowest BCUT2D eigenvalue weighted by Crippen LogP contribution is -2.34. The van der Waals surface area contributed by atoms with E-state index in [1.807, 2.05) is 6.92 Å². The summed E-state index contributed by atoms with van der Waals surface area (Å²) in [6, 6.07) is 6.95. The third-order valence-electron chi connectivity index (χ3n) is 2.44. The first-order valence-corrected chi connectivity index (χ1v) is 5.93. The molecule has 0 aliphatic carbocycles. The number of likely N-dealkylation sites (N-methyl/N-ethyl adjacent to an activating group) is 1. The van der Waals surface area contributed by atoms with Crippen molar-refractivity contribution < 1.29 is 14.3 Å². The summed E-state index contributed by atoms with van der Waals surface area (Å²) in [7, 11) is 1.73. The fraction of sp³-hybridized carbons (Fsp3) is 0.462. The summed E-state index contributed by atoms with van der Waals surface area (Å²) < 4.78 is 10.5. The van der Waals surface area contributed by atoms with Gasteiger partial charge in [-0.3, -0.25) is 4.79 Å². The van der Waals surface area contributed by atoms with Gasteiger partial charge in [0.25, 0.3) is 5.91 Å². The van der Waals surface area contributed by atoms with Crippen LogP contribution >= 0.6 is 0 Å². The quantitative estimate of drug-likeness (QED) is 0.584. The van der Waals surface area contributed by atoms with Crippen LogP contribution in [0.3, 0.4) is 0 Å². The summed E-state index contributed by atoms with van der Waals surface area (Å²) in [4.78, 5) is 13.3. The van der Waals surface area contributed by atoms with E-state index in [0.717, 1.165) is 0 Å². The molecule has 0 fully saturated rings. The van der Waals surface area contributed by atoms with Gasteiger partial charge < -0.3 is 20.1 Å². The van der Waals surface area contributed by atoms with Crippen molar-refractivity contribution in [3.8, 4) is 5.75 Å². The number of nitrogens with two attached hydrogens (primary N) is 1. The van der Waals surface area contributed by atoms with Crippen molar-refractivity contribution in [3.05, 3.63) is 24.3 Å². The first kappa shape index (κ1) is 14.3. The minimum Gasteiger partial charge on any atom is -0.484 e. The molecule has 0 spiro atoms. The van der Waals surface area contributed by atoms with Crippen molar-refractivity contribution >= 4 is 11.6 Å². The Bertz CT molecular complexity index is 365. The molecule has 0 aliphatic heterocycles. The zero-order valence-electron chi connectivity index (χ0n) is 10.9. The van der Waals surface area contributed by atoms with Crippen LogP contribution in [0, 0.1) is 0 Å². The highest BCUT2D eigenvalue weighted by Crippen LogP contribution is 2.12. The molecular formula is C13H20N2O3. The maximum absolute atomic E-state index is 11.7. The maximum Gasteiger partial charge on any atom is 0.260 e. The summed E-state index contributed by atoms with van der Waals surface area (Å²) in [5.41, 5.74) is 6.22. The van der Waals surface area contributed by atoms with Crippen LogP contribution in [0.5, 0.6) is 5.75 Å².